The maximum absolute atomic E-state index is 12.0. The Bertz CT molecular complexity index is 335. The summed E-state index contributed by atoms with van der Waals surface area (Å²) in [6, 6.07) is 0. The molecule has 1 heterocycles. The first kappa shape index (κ1) is 19.0. The minimum Gasteiger partial charge on any atom is -0.444 e. The van der Waals surface area contributed by atoms with Crippen LogP contribution in [0.2, 0.25) is 0 Å². The number of amides is 1. The van der Waals surface area contributed by atoms with Gasteiger partial charge in [-0.25, -0.2) is 4.79 Å². The molecule has 1 aliphatic heterocycles. The van der Waals surface area contributed by atoms with Crippen molar-refractivity contribution in [1.29, 1.82) is 0 Å². The summed E-state index contributed by atoms with van der Waals surface area (Å²) in [4.78, 5) is 16.3. The van der Waals surface area contributed by atoms with Gasteiger partial charge in [-0.05, 0) is 53.8 Å². The first-order valence-electron chi connectivity index (χ1n) is 7.55. The molecule has 0 aromatic carbocycles. The van der Waals surface area contributed by atoms with Gasteiger partial charge in [-0.3, -0.25) is 4.90 Å². The number of hydrogen-bond acceptors (Lipinski definition) is 5. The van der Waals surface area contributed by atoms with Crippen molar-refractivity contribution >= 4 is 27.7 Å². The van der Waals surface area contributed by atoms with Gasteiger partial charge in [-0.2, -0.15) is 0 Å². The average Bonchev–Trinajstić information content (AvgIpc) is 2.35. The van der Waals surface area contributed by atoms with E-state index in [0.717, 1.165) is 32.7 Å². The molecule has 21 heavy (non-hydrogen) atoms. The van der Waals surface area contributed by atoms with E-state index in [0.29, 0.717) is 4.75 Å². The van der Waals surface area contributed by atoms with Crippen molar-refractivity contribution in [3.8, 4) is 0 Å². The predicted octanol–water partition coefficient (Wildman–Crippen LogP) is 3.72. The molecule has 0 atom stereocenters. The van der Waals surface area contributed by atoms with E-state index in [4.69, 9.17) is 4.74 Å². The molecular weight excluding hydrogens is 304 g/mol. The van der Waals surface area contributed by atoms with Crippen LogP contribution in [0, 0.1) is 0 Å². The molecule has 6 heteroatoms. The lowest BCUT2D eigenvalue weighted by Crippen LogP contribution is -2.50. The van der Waals surface area contributed by atoms with Crippen LogP contribution in [0.3, 0.4) is 0 Å². The van der Waals surface area contributed by atoms with Gasteiger partial charge in [0.15, 0.2) is 0 Å². The summed E-state index contributed by atoms with van der Waals surface area (Å²) in [6.45, 7) is 14.8. The van der Waals surface area contributed by atoms with Gasteiger partial charge >= 0.3 is 6.09 Å². The second-order valence-electron chi connectivity index (χ2n) is 7.07. The zero-order valence-corrected chi connectivity index (χ0v) is 15.9. The van der Waals surface area contributed by atoms with Crippen molar-refractivity contribution in [3.05, 3.63) is 0 Å². The number of hydrogen-bond donors (Lipinski definition) is 0. The van der Waals surface area contributed by atoms with Crippen molar-refractivity contribution < 1.29 is 9.53 Å². The van der Waals surface area contributed by atoms with E-state index in [2.05, 4.69) is 25.0 Å². The maximum Gasteiger partial charge on any atom is 0.410 e. The summed E-state index contributed by atoms with van der Waals surface area (Å²) in [7, 11) is 3.77. The fourth-order valence-electron chi connectivity index (χ4n) is 2.18. The molecule has 0 aromatic rings. The number of rotatable bonds is 5. The normalized spacial score (nSPS) is 17.9. The highest BCUT2D eigenvalue weighted by Gasteiger charge is 2.27. The lowest BCUT2D eigenvalue weighted by Gasteiger charge is -2.36. The van der Waals surface area contributed by atoms with Crippen molar-refractivity contribution in [1.82, 2.24) is 9.80 Å². The van der Waals surface area contributed by atoms with Gasteiger partial charge in [0, 0.05) is 30.9 Å². The molecule has 0 radical (unpaired) electrons. The Morgan fingerprint density at radius 2 is 1.67 bits per heavy atom. The highest BCUT2D eigenvalue weighted by molar-refractivity contribution is 8.76. The molecule has 0 N–H and O–H groups in total. The number of carbonyl (C=O) groups excluding carboxylic acids is 1. The SMILES string of the molecule is CSSC(C)(C)CCN1CCN(C(=O)OC(C)(C)C)CC1. The monoisotopic (exact) mass is 334 g/mol. The maximum atomic E-state index is 12.0. The first-order valence-corrected chi connectivity index (χ1v) is 10.1. The van der Waals surface area contributed by atoms with Crippen LogP contribution in [-0.2, 0) is 4.74 Å². The molecule has 0 spiro atoms. The summed E-state index contributed by atoms with van der Waals surface area (Å²) >= 11 is 0. The van der Waals surface area contributed by atoms with Crippen molar-refractivity contribution in [2.24, 2.45) is 0 Å². The van der Waals surface area contributed by atoms with Crippen LogP contribution < -0.4 is 0 Å². The lowest BCUT2D eigenvalue weighted by atomic mass is 10.1. The molecule has 1 saturated heterocycles. The van der Waals surface area contributed by atoms with Crippen molar-refractivity contribution in [3.63, 3.8) is 0 Å². The summed E-state index contributed by atoms with van der Waals surface area (Å²) < 4.78 is 5.73. The Balaban J connectivity index is 2.31. The van der Waals surface area contributed by atoms with Crippen LogP contribution in [0.1, 0.15) is 41.0 Å². The lowest BCUT2D eigenvalue weighted by molar-refractivity contribution is 0.0143. The Morgan fingerprint density at radius 3 is 2.14 bits per heavy atom. The van der Waals surface area contributed by atoms with Gasteiger partial charge in [-0.1, -0.05) is 21.6 Å². The number of carbonyl (C=O) groups is 1. The van der Waals surface area contributed by atoms with Gasteiger partial charge in [-0.15, -0.1) is 0 Å². The molecule has 4 nitrogen and oxygen atoms in total. The Hall–Kier alpha value is -0.0700. The standard InChI is InChI=1S/C15H30N2O2S2/c1-14(2,3)19-13(18)17-11-9-16(10-12-17)8-7-15(4,5)21-20-6/h7-12H2,1-6H3. The van der Waals surface area contributed by atoms with Crippen LogP contribution in [0.25, 0.3) is 0 Å². The van der Waals surface area contributed by atoms with E-state index in [1.54, 1.807) is 0 Å². The van der Waals surface area contributed by atoms with Gasteiger partial charge in [0.05, 0.1) is 0 Å². The van der Waals surface area contributed by atoms with E-state index in [1.165, 1.54) is 6.42 Å². The van der Waals surface area contributed by atoms with Gasteiger partial charge in [0.25, 0.3) is 0 Å². The third-order valence-corrected chi connectivity index (χ3v) is 6.04. The van der Waals surface area contributed by atoms with E-state index in [1.807, 2.05) is 47.3 Å². The van der Waals surface area contributed by atoms with Crippen LogP contribution in [0.4, 0.5) is 4.79 Å². The third-order valence-electron chi connectivity index (χ3n) is 3.36. The van der Waals surface area contributed by atoms with Crippen LogP contribution in [-0.4, -0.2) is 65.2 Å². The predicted molar refractivity (Wildman–Crippen MR) is 94.0 cm³/mol. The average molecular weight is 335 g/mol. The summed E-state index contributed by atoms with van der Waals surface area (Å²) in [5.41, 5.74) is -0.409. The summed E-state index contributed by atoms with van der Waals surface area (Å²) in [6.07, 6.45) is 3.12. The minimum atomic E-state index is -0.409. The number of nitrogens with zero attached hydrogens (tertiary/aromatic N) is 2. The Kier molecular flexibility index (Phi) is 7.20. The first-order chi connectivity index (χ1) is 9.63. The molecule has 0 aliphatic carbocycles. The molecule has 0 saturated carbocycles. The van der Waals surface area contributed by atoms with Gasteiger partial charge < -0.3 is 9.64 Å². The van der Waals surface area contributed by atoms with E-state index < -0.39 is 5.60 Å². The highest BCUT2D eigenvalue weighted by atomic mass is 33.1. The smallest absolute Gasteiger partial charge is 0.410 e. The Morgan fingerprint density at radius 1 is 1.10 bits per heavy atom. The topological polar surface area (TPSA) is 32.8 Å². The minimum absolute atomic E-state index is 0.180. The van der Waals surface area contributed by atoms with Gasteiger partial charge in [0.2, 0.25) is 0 Å². The second kappa shape index (κ2) is 7.97. The van der Waals surface area contributed by atoms with Crippen LogP contribution in [0.15, 0.2) is 0 Å². The molecule has 0 aromatic heterocycles. The number of piperazine rings is 1. The summed E-state index contributed by atoms with van der Waals surface area (Å²) in [5.74, 6) is 0. The number of ether oxygens (including phenoxy) is 1. The third kappa shape index (κ3) is 7.66. The van der Waals surface area contributed by atoms with Crippen molar-refractivity contribution in [2.75, 3.05) is 39.0 Å². The second-order valence-corrected chi connectivity index (χ2v) is 10.2. The highest BCUT2D eigenvalue weighted by Crippen LogP contribution is 2.36. The van der Waals surface area contributed by atoms with Crippen molar-refractivity contribution in [2.45, 2.75) is 51.4 Å². The fraction of sp³-hybridized carbons (Fsp3) is 0.933. The summed E-state index contributed by atoms with van der Waals surface area (Å²) in [5, 5.41) is 0. The zero-order chi connectivity index (χ0) is 16.1. The van der Waals surface area contributed by atoms with E-state index in [-0.39, 0.29) is 6.09 Å². The van der Waals surface area contributed by atoms with E-state index in [9.17, 15) is 4.79 Å². The fourth-order valence-corrected chi connectivity index (χ4v) is 4.40. The molecule has 1 fully saturated rings. The Labute approximate surface area is 137 Å². The molecule has 1 amide bonds. The largest absolute Gasteiger partial charge is 0.444 e. The molecule has 1 aliphatic rings. The molecule has 0 unspecified atom stereocenters. The van der Waals surface area contributed by atoms with Gasteiger partial charge in [0.1, 0.15) is 5.60 Å². The van der Waals surface area contributed by atoms with Crippen LogP contribution >= 0.6 is 21.6 Å². The molecular formula is C15H30N2O2S2. The molecule has 124 valence electrons. The zero-order valence-electron chi connectivity index (χ0n) is 14.3. The molecule has 0 bridgehead atoms. The molecule has 1 rings (SSSR count). The quantitative estimate of drug-likeness (QED) is 0.716. The van der Waals surface area contributed by atoms with Crippen LogP contribution in [0.5, 0.6) is 0 Å². The van der Waals surface area contributed by atoms with E-state index >= 15 is 0 Å².